The van der Waals surface area contributed by atoms with Crippen LogP contribution in [0.2, 0.25) is 0 Å². The van der Waals surface area contributed by atoms with E-state index < -0.39 is 0 Å². The first kappa shape index (κ1) is 9.99. The number of hydrogen-bond acceptors (Lipinski definition) is 2. The fraction of sp³-hybridized carbons (Fsp3) is 0.231. The predicted octanol–water partition coefficient (Wildman–Crippen LogP) is 3.02. The lowest BCUT2D eigenvalue weighted by Crippen LogP contribution is -1.95. The van der Waals surface area contributed by atoms with Crippen molar-refractivity contribution >= 4 is 0 Å². The van der Waals surface area contributed by atoms with Crippen molar-refractivity contribution in [3.63, 3.8) is 0 Å². The molecule has 0 aliphatic rings. The summed E-state index contributed by atoms with van der Waals surface area (Å²) in [6, 6.07) is 10.3. The van der Waals surface area contributed by atoms with Crippen LogP contribution in [0, 0.1) is 13.8 Å². The molecule has 1 heterocycles. The summed E-state index contributed by atoms with van der Waals surface area (Å²) >= 11 is 0. The van der Waals surface area contributed by atoms with Gasteiger partial charge in [-0.2, -0.15) is 0 Å². The van der Waals surface area contributed by atoms with Crippen LogP contribution in [0.25, 0.3) is 11.3 Å². The summed E-state index contributed by atoms with van der Waals surface area (Å²) in [7, 11) is 0. The highest BCUT2D eigenvalue weighted by Gasteiger charge is 2.07. The molecule has 2 heteroatoms. The third-order valence-electron chi connectivity index (χ3n) is 2.58. The number of rotatable bonds is 2. The van der Waals surface area contributed by atoms with Crippen molar-refractivity contribution in [3.8, 4) is 11.3 Å². The molecule has 2 aromatic rings. The molecule has 2 nitrogen and oxygen atoms in total. The molecule has 78 valence electrons. The Morgan fingerprint density at radius 1 is 1.13 bits per heavy atom. The molecule has 0 bridgehead atoms. The Labute approximate surface area is 89.7 Å². The largest absolute Gasteiger partial charge is 0.461 e. The van der Waals surface area contributed by atoms with Crippen molar-refractivity contribution < 1.29 is 4.42 Å². The molecule has 0 aliphatic heterocycles. The van der Waals surface area contributed by atoms with E-state index in [1.54, 1.807) is 0 Å². The maximum absolute atomic E-state index is 5.65. The monoisotopic (exact) mass is 201 g/mol. The van der Waals surface area contributed by atoms with E-state index in [4.69, 9.17) is 10.2 Å². The topological polar surface area (TPSA) is 39.2 Å². The normalized spacial score (nSPS) is 10.6. The van der Waals surface area contributed by atoms with Gasteiger partial charge in [0, 0.05) is 17.7 Å². The summed E-state index contributed by atoms with van der Waals surface area (Å²) in [6.07, 6.45) is 0. The van der Waals surface area contributed by atoms with Crippen LogP contribution in [0.5, 0.6) is 0 Å². The summed E-state index contributed by atoms with van der Waals surface area (Å²) in [5.41, 5.74) is 9.03. The zero-order valence-electron chi connectivity index (χ0n) is 9.08. The van der Waals surface area contributed by atoms with E-state index in [1.807, 2.05) is 13.0 Å². The zero-order chi connectivity index (χ0) is 10.8. The second kappa shape index (κ2) is 3.91. The van der Waals surface area contributed by atoms with E-state index >= 15 is 0 Å². The van der Waals surface area contributed by atoms with Gasteiger partial charge in [0.25, 0.3) is 0 Å². The van der Waals surface area contributed by atoms with Gasteiger partial charge in [-0.05, 0) is 19.9 Å². The van der Waals surface area contributed by atoms with Crippen molar-refractivity contribution in [2.45, 2.75) is 20.4 Å². The third-order valence-corrected chi connectivity index (χ3v) is 2.58. The minimum atomic E-state index is 0.529. The molecule has 0 saturated carbocycles. The second-order valence-electron chi connectivity index (χ2n) is 3.76. The number of furan rings is 1. The third kappa shape index (κ3) is 1.95. The number of nitrogens with two attached hydrogens (primary N) is 1. The fourth-order valence-corrected chi connectivity index (χ4v) is 1.58. The highest BCUT2D eigenvalue weighted by Crippen LogP contribution is 2.25. The van der Waals surface area contributed by atoms with Gasteiger partial charge in [0.05, 0.1) is 0 Å². The molecule has 0 spiro atoms. The highest BCUT2D eigenvalue weighted by atomic mass is 16.3. The van der Waals surface area contributed by atoms with E-state index in [1.165, 1.54) is 5.56 Å². The van der Waals surface area contributed by atoms with Gasteiger partial charge in [0.15, 0.2) is 0 Å². The molecule has 0 radical (unpaired) electrons. The summed E-state index contributed by atoms with van der Waals surface area (Å²) in [5.74, 6) is 1.81. The first-order chi connectivity index (χ1) is 7.20. The van der Waals surface area contributed by atoms with Gasteiger partial charge in [0.2, 0.25) is 0 Å². The summed E-state index contributed by atoms with van der Waals surface area (Å²) in [6.45, 7) is 4.55. The van der Waals surface area contributed by atoms with E-state index in [9.17, 15) is 0 Å². The van der Waals surface area contributed by atoms with Gasteiger partial charge < -0.3 is 10.2 Å². The molecular weight excluding hydrogens is 186 g/mol. The quantitative estimate of drug-likeness (QED) is 0.811. The Morgan fingerprint density at radius 3 is 2.33 bits per heavy atom. The van der Waals surface area contributed by atoms with Crippen LogP contribution < -0.4 is 5.73 Å². The lowest BCUT2D eigenvalue weighted by atomic mass is 10.1. The Hall–Kier alpha value is -1.54. The van der Waals surface area contributed by atoms with Crippen LogP contribution >= 0.6 is 0 Å². The average Bonchev–Trinajstić information content (AvgIpc) is 2.61. The molecule has 0 amide bonds. The zero-order valence-corrected chi connectivity index (χ0v) is 9.08. The van der Waals surface area contributed by atoms with E-state index in [0.29, 0.717) is 6.54 Å². The predicted molar refractivity (Wildman–Crippen MR) is 61.5 cm³/mol. The first-order valence-corrected chi connectivity index (χ1v) is 5.07. The van der Waals surface area contributed by atoms with Gasteiger partial charge in [0.1, 0.15) is 11.5 Å². The Bertz CT molecular complexity index is 454. The van der Waals surface area contributed by atoms with Crippen LogP contribution in [-0.4, -0.2) is 0 Å². The van der Waals surface area contributed by atoms with Crippen molar-refractivity contribution in [2.75, 3.05) is 0 Å². The minimum Gasteiger partial charge on any atom is -0.461 e. The number of hydrogen-bond donors (Lipinski definition) is 1. The fourth-order valence-electron chi connectivity index (χ4n) is 1.58. The minimum absolute atomic E-state index is 0.529. The van der Waals surface area contributed by atoms with Gasteiger partial charge in [-0.25, -0.2) is 0 Å². The van der Waals surface area contributed by atoms with Gasteiger partial charge in [-0.3, -0.25) is 0 Å². The summed E-state index contributed by atoms with van der Waals surface area (Å²) in [5, 5.41) is 0. The molecule has 0 fully saturated rings. The summed E-state index contributed by atoms with van der Waals surface area (Å²) < 4.78 is 5.65. The highest BCUT2D eigenvalue weighted by molar-refractivity contribution is 5.59. The van der Waals surface area contributed by atoms with Crippen LogP contribution in [0.4, 0.5) is 0 Å². The van der Waals surface area contributed by atoms with Crippen molar-refractivity contribution in [1.29, 1.82) is 0 Å². The number of benzene rings is 1. The molecule has 0 saturated heterocycles. The van der Waals surface area contributed by atoms with Crippen molar-refractivity contribution in [1.82, 2.24) is 0 Å². The van der Waals surface area contributed by atoms with Crippen molar-refractivity contribution in [2.24, 2.45) is 5.73 Å². The average molecular weight is 201 g/mol. The van der Waals surface area contributed by atoms with Crippen LogP contribution in [0.3, 0.4) is 0 Å². The molecule has 1 aromatic heterocycles. The molecule has 0 unspecified atom stereocenters. The first-order valence-electron chi connectivity index (χ1n) is 5.07. The van der Waals surface area contributed by atoms with Gasteiger partial charge in [-0.15, -0.1) is 0 Å². The van der Waals surface area contributed by atoms with Crippen LogP contribution in [0.15, 0.2) is 34.7 Å². The second-order valence-corrected chi connectivity index (χ2v) is 3.76. The van der Waals surface area contributed by atoms with Gasteiger partial charge in [-0.1, -0.05) is 29.8 Å². The molecule has 2 rings (SSSR count). The Kier molecular flexibility index (Phi) is 2.60. The molecule has 15 heavy (non-hydrogen) atoms. The molecule has 1 aromatic carbocycles. The molecular formula is C13H15NO. The van der Waals surface area contributed by atoms with Crippen molar-refractivity contribution in [3.05, 3.63) is 47.2 Å². The van der Waals surface area contributed by atoms with Crippen LogP contribution in [0.1, 0.15) is 16.9 Å². The van der Waals surface area contributed by atoms with E-state index in [2.05, 4.69) is 31.2 Å². The maximum Gasteiger partial charge on any atom is 0.134 e. The lowest BCUT2D eigenvalue weighted by molar-refractivity contribution is 0.543. The van der Waals surface area contributed by atoms with E-state index in [-0.39, 0.29) is 0 Å². The van der Waals surface area contributed by atoms with Crippen LogP contribution in [-0.2, 0) is 6.54 Å². The molecule has 2 N–H and O–H groups in total. The van der Waals surface area contributed by atoms with E-state index in [0.717, 1.165) is 22.6 Å². The standard InChI is InChI=1S/C13H15NO/c1-9-3-5-11(6-4-9)13-7-12(8-14)10(2)15-13/h3-7H,8,14H2,1-2H3. The molecule has 0 atom stereocenters. The lowest BCUT2D eigenvalue weighted by Gasteiger charge is -1.96. The SMILES string of the molecule is Cc1ccc(-c2cc(CN)c(C)o2)cc1. The maximum atomic E-state index is 5.65. The number of aryl methyl sites for hydroxylation is 2. The summed E-state index contributed by atoms with van der Waals surface area (Å²) in [4.78, 5) is 0. The van der Waals surface area contributed by atoms with Gasteiger partial charge >= 0.3 is 0 Å². The smallest absolute Gasteiger partial charge is 0.134 e. The Balaban J connectivity index is 2.41. The molecule has 0 aliphatic carbocycles. The Morgan fingerprint density at radius 2 is 1.80 bits per heavy atom.